The van der Waals surface area contributed by atoms with Crippen LogP contribution >= 0.6 is 11.6 Å². The topological polar surface area (TPSA) is 29.3 Å². The van der Waals surface area contributed by atoms with Crippen molar-refractivity contribution in [3.8, 4) is 0 Å². The predicted molar refractivity (Wildman–Crippen MR) is 71.7 cm³/mol. The summed E-state index contributed by atoms with van der Waals surface area (Å²) in [7, 11) is 0. The van der Waals surface area contributed by atoms with Gasteiger partial charge in [0.15, 0.2) is 0 Å². The Kier molecular flexibility index (Phi) is 5.64. The molecule has 0 unspecified atom stereocenters. The number of nitrogen functional groups attached to an aromatic ring is 1. The third kappa shape index (κ3) is 4.03. The van der Waals surface area contributed by atoms with Crippen LogP contribution < -0.4 is 5.73 Å². The van der Waals surface area contributed by atoms with Crippen LogP contribution in [0.25, 0.3) is 0 Å². The average molecular weight is 241 g/mol. The van der Waals surface area contributed by atoms with Crippen LogP contribution in [0.2, 0.25) is 5.02 Å². The molecule has 0 amide bonds. The van der Waals surface area contributed by atoms with Crippen molar-refractivity contribution in [3.63, 3.8) is 0 Å². The number of unbranched alkanes of at least 4 members (excludes halogenated alkanes) is 1. The lowest BCUT2D eigenvalue weighted by Gasteiger charge is -2.21. The zero-order valence-electron chi connectivity index (χ0n) is 10.2. The Morgan fingerprint density at radius 2 is 2.06 bits per heavy atom. The molecule has 0 aliphatic carbocycles. The Balaban J connectivity index is 2.65. The molecule has 0 aliphatic rings. The maximum absolute atomic E-state index is 5.97. The number of hydrogen-bond acceptors (Lipinski definition) is 2. The zero-order valence-corrected chi connectivity index (χ0v) is 10.9. The molecular formula is C13H21ClN2. The van der Waals surface area contributed by atoms with Crippen molar-refractivity contribution in [3.05, 3.63) is 28.8 Å². The fraction of sp³-hybridized carbons (Fsp3) is 0.538. The quantitative estimate of drug-likeness (QED) is 0.771. The van der Waals surface area contributed by atoms with Gasteiger partial charge < -0.3 is 5.73 Å². The molecule has 0 saturated carbocycles. The Morgan fingerprint density at radius 3 is 2.69 bits per heavy atom. The molecule has 1 aromatic rings. The lowest BCUT2D eigenvalue weighted by Crippen LogP contribution is -2.24. The molecule has 0 radical (unpaired) electrons. The normalized spacial score (nSPS) is 11.0. The molecule has 3 heteroatoms. The van der Waals surface area contributed by atoms with Crippen LogP contribution in [0.4, 0.5) is 5.69 Å². The fourth-order valence-electron chi connectivity index (χ4n) is 1.68. The summed E-state index contributed by atoms with van der Waals surface area (Å²) in [6, 6.07) is 5.68. The second-order valence-electron chi connectivity index (χ2n) is 4.07. The van der Waals surface area contributed by atoms with Gasteiger partial charge in [0.25, 0.3) is 0 Å². The molecule has 2 N–H and O–H groups in total. The molecule has 0 atom stereocenters. The van der Waals surface area contributed by atoms with E-state index in [0.29, 0.717) is 0 Å². The van der Waals surface area contributed by atoms with Crippen LogP contribution in [0.1, 0.15) is 32.3 Å². The minimum Gasteiger partial charge on any atom is -0.398 e. The van der Waals surface area contributed by atoms with Gasteiger partial charge in [-0.15, -0.1) is 0 Å². The molecule has 1 rings (SSSR count). The molecule has 1 aromatic carbocycles. The Morgan fingerprint density at radius 1 is 1.31 bits per heavy atom. The maximum atomic E-state index is 5.97. The van der Waals surface area contributed by atoms with E-state index in [9.17, 15) is 0 Å². The van der Waals surface area contributed by atoms with Gasteiger partial charge in [0.05, 0.1) is 0 Å². The van der Waals surface area contributed by atoms with E-state index >= 15 is 0 Å². The van der Waals surface area contributed by atoms with Gasteiger partial charge in [-0.2, -0.15) is 0 Å². The van der Waals surface area contributed by atoms with Crippen LogP contribution in [0.15, 0.2) is 18.2 Å². The van der Waals surface area contributed by atoms with Crippen LogP contribution in [-0.4, -0.2) is 18.0 Å². The minimum atomic E-state index is 0.760. The Bertz CT molecular complexity index is 326. The number of nitrogens with zero attached hydrogens (tertiary/aromatic N) is 1. The first-order valence-electron chi connectivity index (χ1n) is 5.93. The molecule has 16 heavy (non-hydrogen) atoms. The van der Waals surface area contributed by atoms with Crippen molar-refractivity contribution in [1.29, 1.82) is 0 Å². The predicted octanol–water partition coefficient (Wildman–Crippen LogP) is 3.54. The lowest BCUT2D eigenvalue weighted by molar-refractivity contribution is 0.276. The molecule has 0 aromatic heterocycles. The van der Waals surface area contributed by atoms with Crippen LogP contribution in [0, 0.1) is 0 Å². The van der Waals surface area contributed by atoms with Gasteiger partial charge in [-0.25, -0.2) is 0 Å². The summed E-state index contributed by atoms with van der Waals surface area (Å²) in [4.78, 5) is 2.39. The van der Waals surface area contributed by atoms with E-state index in [0.717, 1.165) is 35.9 Å². The van der Waals surface area contributed by atoms with Gasteiger partial charge in [0, 0.05) is 17.3 Å². The molecular weight excluding hydrogens is 220 g/mol. The molecule has 0 saturated heterocycles. The van der Waals surface area contributed by atoms with Crippen LogP contribution in [-0.2, 0) is 6.54 Å². The van der Waals surface area contributed by atoms with Crippen LogP contribution in [0.3, 0.4) is 0 Å². The van der Waals surface area contributed by atoms with E-state index in [1.165, 1.54) is 12.8 Å². The first-order valence-corrected chi connectivity index (χ1v) is 6.31. The Hall–Kier alpha value is -0.730. The fourth-order valence-corrected chi connectivity index (χ4v) is 1.88. The van der Waals surface area contributed by atoms with Crippen molar-refractivity contribution < 1.29 is 0 Å². The van der Waals surface area contributed by atoms with E-state index in [4.69, 9.17) is 17.3 Å². The summed E-state index contributed by atoms with van der Waals surface area (Å²) >= 11 is 5.97. The van der Waals surface area contributed by atoms with Gasteiger partial charge in [0.2, 0.25) is 0 Å². The summed E-state index contributed by atoms with van der Waals surface area (Å²) in [6.45, 7) is 7.45. The van der Waals surface area contributed by atoms with Crippen molar-refractivity contribution in [1.82, 2.24) is 4.90 Å². The average Bonchev–Trinajstić information content (AvgIpc) is 2.28. The van der Waals surface area contributed by atoms with E-state index in [1.807, 2.05) is 18.2 Å². The summed E-state index contributed by atoms with van der Waals surface area (Å²) in [5.41, 5.74) is 7.90. The largest absolute Gasteiger partial charge is 0.398 e. The highest BCUT2D eigenvalue weighted by atomic mass is 35.5. The summed E-state index contributed by atoms with van der Waals surface area (Å²) in [6.07, 6.45) is 2.45. The molecule has 0 aliphatic heterocycles. The van der Waals surface area contributed by atoms with E-state index < -0.39 is 0 Å². The highest BCUT2D eigenvalue weighted by Crippen LogP contribution is 2.19. The zero-order chi connectivity index (χ0) is 12.0. The molecule has 0 heterocycles. The standard InChI is InChI=1S/C13H21ClN2/c1-3-5-8-16(4-2)10-11-9-12(14)6-7-13(11)15/h6-7,9H,3-5,8,10,15H2,1-2H3. The first kappa shape index (κ1) is 13.3. The number of halogens is 1. The summed E-state index contributed by atoms with van der Waals surface area (Å²) < 4.78 is 0. The first-order chi connectivity index (χ1) is 7.67. The summed E-state index contributed by atoms with van der Waals surface area (Å²) in [5, 5.41) is 0.760. The van der Waals surface area contributed by atoms with Crippen molar-refractivity contribution in [2.45, 2.75) is 33.2 Å². The van der Waals surface area contributed by atoms with Crippen molar-refractivity contribution >= 4 is 17.3 Å². The van der Waals surface area contributed by atoms with Crippen LogP contribution in [0.5, 0.6) is 0 Å². The number of hydrogen-bond donors (Lipinski definition) is 1. The van der Waals surface area contributed by atoms with E-state index in [1.54, 1.807) is 0 Å². The maximum Gasteiger partial charge on any atom is 0.0410 e. The summed E-state index contributed by atoms with van der Waals surface area (Å²) in [5.74, 6) is 0. The lowest BCUT2D eigenvalue weighted by atomic mass is 10.1. The van der Waals surface area contributed by atoms with Gasteiger partial charge in [-0.1, -0.05) is 31.9 Å². The monoisotopic (exact) mass is 240 g/mol. The highest BCUT2D eigenvalue weighted by Gasteiger charge is 2.06. The number of benzene rings is 1. The van der Waals surface area contributed by atoms with E-state index in [2.05, 4.69) is 18.7 Å². The Labute approximate surface area is 103 Å². The van der Waals surface area contributed by atoms with Crippen molar-refractivity contribution in [2.24, 2.45) is 0 Å². The van der Waals surface area contributed by atoms with E-state index in [-0.39, 0.29) is 0 Å². The highest BCUT2D eigenvalue weighted by molar-refractivity contribution is 6.30. The number of anilines is 1. The van der Waals surface area contributed by atoms with Gasteiger partial charge in [0.1, 0.15) is 0 Å². The second kappa shape index (κ2) is 6.77. The second-order valence-corrected chi connectivity index (χ2v) is 4.50. The third-order valence-electron chi connectivity index (χ3n) is 2.77. The third-order valence-corrected chi connectivity index (χ3v) is 3.01. The minimum absolute atomic E-state index is 0.760. The number of rotatable bonds is 6. The molecule has 0 fully saturated rings. The molecule has 0 spiro atoms. The molecule has 2 nitrogen and oxygen atoms in total. The SMILES string of the molecule is CCCCN(CC)Cc1cc(Cl)ccc1N. The molecule has 90 valence electrons. The van der Waals surface area contributed by atoms with Crippen molar-refractivity contribution in [2.75, 3.05) is 18.8 Å². The van der Waals surface area contributed by atoms with Gasteiger partial charge >= 0.3 is 0 Å². The van der Waals surface area contributed by atoms with Gasteiger partial charge in [-0.3, -0.25) is 4.90 Å². The van der Waals surface area contributed by atoms with Gasteiger partial charge in [-0.05, 0) is 43.3 Å². The number of nitrogens with two attached hydrogens (primary N) is 1. The molecule has 0 bridgehead atoms. The smallest absolute Gasteiger partial charge is 0.0410 e.